The largest absolute Gasteiger partial charge is 0.355 e. The average Bonchev–Trinajstić information content (AvgIpc) is 3.13. The number of aromatic amines is 1. The van der Waals surface area contributed by atoms with Gasteiger partial charge in [-0.2, -0.15) is 0 Å². The number of fused-ring (bicyclic) bond motifs is 1. The van der Waals surface area contributed by atoms with Crippen LogP contribution in [0.4, 0.5) is 0 Å². The first-order valence-corrected chi connectivity index (χ1v) is 9.23. The van der Waals surface area contributed by atoms with E-state index in [2.05, 4.69) is 20.6 Å². The summed E-state index contributed by atoms with van der Waals surface area (Å²) < 4.78 is 0. The molecule has 1 unspecified atom stereocenters. The van der Waals surface area contributed by atoms with Crippen LogP contribution >= 0.6 is 0 Å². The van der Waals surface area contributed by atoms with Crippen LogP contribution in [0.2, 0.25) is 0 Å². The normalized spacial score (nSPS) is 12.4. The summed E-state index contributed by atoms with van der Waals surface area (Å²) >= 11 is 0. The molecule has 0 bridgehead atoms. The smallest absolute Gasteiger partial charge is 0.251 e. The molecule has 1 heterocycles. The lowest BCUT2D eigenvalue weighted by atomic mass is 10.0. The Bertz CT molecular complexity index is 970. The van der Waals surface area contributed by atoms with Crippen LogP contribution in [0.25, 0.3) is 17.1 Å². The number of para-hydroxylation sites is 2. The number of hydrogen-bond donors (Lipinski definition) is 3. The Balaban J connectivity index is 1.70. The quantitative estimate of drug-likeness (QED) is 0.576. The summed E-state index contributed by atoms with van der Waals surface area (Å²) in [6.45, 7) is 4.08. The van der Waals surface area contributed by atoms with Gasteiger partial charge in [-0.1, -0.05) is 38.1 Å². The Hall–Kier alpha value is -3.41. The molecule has 2 aromatic carbocycles. The van der Waals surface area contributed by atoms with Crippen molar-refractivity contribution in [1.29, 1.82) is 0 Å². The van der Waals surface area contributed by atoms with E-state index in [9.17, 15) is 9.59 Å². The number of aromatic nitrogens is 2. The van der Waals surface area contributed by atoms with E-state index >= 15 is 0 Å². The summed E-state index contributed by atoms with van der Waals surface area (Å²) in [6, 6.07) is 14.6. The maximum atomic E-state index is 12.4. The van der Waals surface area contributed by atoms with Crippen LogP contribution in [0.5, 0.6) is 0 Å². The number of amides is 2. The standard InChI is InChI=1S/C22H24N4O2/c1-14(2)20(21-24-17-6-4-5-7-18(17)25-21)26-19(27)13-10-15-8-11-16(12-9-15)22(28)23-3/h4-14,20H,1-3H3,(H,23,28)(H,24,25)(H,26,27)/b13-10+. The van der Waals surface area contributed by atoms with Gasteiger partial charge in [-0.15, -0.1) is 0 Å². The van der Waals surface area contributed by atoms with E-state index in [1.54, 1.807) is 37.4 Å². The summed E-state index contributed by atoms with van der Waals surface area (Å²) in [5.74, 6) is 0.575. The molecular weight excluding hydrogens is 352 g/mol. The lowest BCUT2D eigenvalue weighted by molar-refractivity contribution is -0.117. The van der Waals surface area contributed by atoms with Crippen molar-refractivity contribution in [3.8, 4) is 0 Å². The lowest BCUT2D eigenvalue weighted by Gasteiger charge is -2.19. The van der Waals surface area contributed by atoms with Gasteiger partial charge in [0, 0.05) is 18.7 Å². The Kier molecular flexibility index (Phi) is 5.89. The molecule has 28 heavy (non-hydrogen) atoms. The minimum Gasteiger partial charge on any atom is -0.355 e. The van der Waals surface area contributed by atoms with Crippen LogP contribution in [0.15, 0.2) is 54.6 Å². The van der Waals surface area contributed by atoms with Crippen LogP contribution < -0.4 is 10.6 Å². The number of nitrogens with one attached hydrogen (secondary N) is 3. The van der Waals surface area contributed by atoms with Gasteiger partial charge in [-0.25, -0.2) is 4.98 Å². The summed E-state index contributed by atoms with van der Waals surface area (Å²) in [4.78, 5) is 31.9. The highest BCUT2D eigenvalue weighted by atomic mass is 16.2. The summed E-state index contributed by atoms with van der Waals surface area (Å²) in [5, 5.41) is 5.60. The van der Waals surface area contributed by atoms with Crippen molar-refractivity contribution < 1.29 is 9.59 Å². The first-order chi connectivity index (χ1) is 13.5. The molecule has 1 aromatic heterocycles. The Morgan fingerprint density at radius 3 is 2.43 bits per heavy atom. The molecule has 3 rings (SSSR count). The number of H-pyrrole nitrogens is 1. The van der Waals surface area contributed by atoms with Gasteiger partial charge < -0.3 is 15.6 Å². The zero-order valence-electron chi connectivity index (χ0n) is 16.2. The van der Waals surface area contributed by atoms with E-state index < -0.39 is 0 Å². The van der Waals surface area contributed by atoms with Gasteiger partial charge in [0.1, 0.15) is 5.82 Å². The van der Waals surface area contributed by atoms with Crippen molar-refractivity contribution in [1.82, 2.24) is 20.6 Å². The second-order valence-electron chi connectivity index (χ2n) is 6.90. The number of hydrogen-bond acceptors (Lipinski definition) is 3. The third-order valence-corrected chi connectivity index (χ3v) is 4.49. The van der Waals surface area contributed by atoms with Crippen LogP contribution in [0.3, 0.4) is 0 Å². The fourth-order valence-corrected chi connectivity index (χ4v) is 2.93. The van der Waals surface area contributed by atoms with Crippen LogP contribution in [-0.2, 0) is 4.79 Å². The monoisotopic (exact) mass is 376 g/mol. The van der Waals surface area contributed by atoms with E-state index in [0.29, 0.717) is 5.56 Å². The minimum atomic E-state index is -0.222. The van der Waals surface area contributed by atoms with Crippen LogP contribution in [0, 0.1) is 5.92 Å². The second kappa shape index (κ2) is 8.52. The Morgan fingerprint density at radius 2 is 1.79 bits per heavy atom. The molecule has 0 aliphatic heterocycles. The summed E-state index contributed by atoms with van der Waals surface area (Å²) in [5.41, 5.74) is 3.25. The number of rotatable bonds is 6. The number of nitrogens with zero attached hydrogens (tertiary/aromatic N) is 1. The third kappa shape index (κ3) is 4.46. The van der Waals surface area contributed by atoms with E-state index in [-0.39, 0.29) is 23.8 Å². The van der Waals surface area contributed by atoms with E-state index in [1.807, 2.05) is 38.1 Å². The van der Waals surface area contributed by atoms with Gasteiger partial charge in [-0.05, 0) is 41.8 Å². The lowest BCUT2D eigenvalue weighted by Crippen LogP contribution is -2.31. The second-order valence-corrected chi connectivity index (χ2v) is 6.90. The van der Waals surface area contributed by atoms with Gasteiger partial charge in [0.2, 0.25) is 5.91 Å². The maximum Gasteiger partial charge on any atom is 0.251 e. The van der Waals surface area contributed by atoms with E-state index in [4.69, 9.17) is 0 Å². The van der Waals surface area contributed by atoms with E-state index in [0.717, 1.165) is 22.4 Å². The van der Waals surface area contributed by atoms with Crippen LogP contribution in [0.1, 0.15) is 41.6 Å². The molecule has 0 aliphatic carbocycles. The molecular formula is C22H24N4O2. The molecule has 0 radical (unpaired) electrons. The molecule has 3 aromatic rings. The minimum absolute atomic E-state index is 0.140. The predicted octanol–water partition coefficient (Wildman–Crippen LogP) is 3.45. The number of carbonyl (C=O) groups is 2. The molecule has 0 aliphatic rings. The highest BCUT2D eigenvalue weighted by Crippen LogP contribution is 2.22. The van der Waals surface area contributed by atoms with Crippen LogP contribution in [-0.4, -0.2) is 28.8 Å². The van der Waals surface area contributed by atoms with Crippen molar-refractivity contribution in [2.45, 2.75) is 19.9 Å². The molecule has 1 atom stereocenters. The Morgan fingerprint density at radius 1 is 1.07 bits per heavy atom. The molecule has 3 N–H and O–H groups in total. The molecule has 2 amide bonds. The van der Waals surface area contributed by atoms with Crippen molar-refractivity contribution >= 4 is 28.9 Å². The maximum absolute atomic E-state index is 12.4. The molecule has 6 nitrogen and oxygen atoms in total. The van der Waals surface area contributed by atoms with Crippen molar-refractivity contribution in [2.24, 2.45) is 5.92 Å². The fraction of sp³-hybridized carbons (Fsp3) is 0.227. The number of benzene rings is 2. The fourth-order valence-electron chi connectivity index (χ4n) is 2.93. The Labute approximate surface area is 164 Å². The van der Waals surface area contributed by atoms with Gasteiger partial charge in [-0.3, -0.25) is 9.59 Å². The average molecular weight is 376 g/mol. The summed E-state index contributed by atoms with van der Waals surface area (Å²) in [7, 11) is 1.59. The molecule has 6 heteroatoms. The highest BCUT2D eigenvalue weighted by Gasteiger charge is 2.20. The zero-order chi connectivity index (χ0) is 20.1. The molecule has 0 saturated heterocycles. The molecule has 144 valence electrons. The molecule has 0 spiro atoms. The SMILES string of the molecule is CNC(=O)c1ccc(/C=C/C(=O)NC(c2nc3ccccc3[nH]2)C(C)C)cc1. The van der Waals surface area contributed by atoms with Gasteiger partial charge in [0.05, 0.1) is 17.1 Å². The zero-order valence-corrected chi connectivity index (χ0v) is 16.2. The van der Waals surface area contributed by atoms with E-state index in [1.165, 1.54) is 6.08 Å². The number of carbonyl (C=O) groups excluding carboxylic acids is 2. The molecule has 0 saturated carbocycles. The predicted molar refractivity (Wildman–Crippen MR) is 111 cm³/mol. The number of imidazole rings is 1. The van der Waals surface area contributed by atoms with Crippen molar-refractivity contribution in [2.75, 3.05) is 7.05 Å². The van der Waals surface area contributed by atoms with Gasteiger partial charge >= 0.3 is 0 Å². The first-order valence-electron chi connectivity index (χ1n) is 9.23. The van der Waals surface area contributed by atoms with Crippen molar-refractivity contribution in [3.63, 3.8) is 0 Å². The molecule has 0 fully saturated rings. The first kappa shape index (κ1) is 19.4. The topological polar surface area (TPSA) is 86.9 Å². The van der Waals surface area contributed by atoms with Gasteiger partial charge in [0.15, 0.2) is 0 Å². The summed E-state index contributed by atoms with van der Waals surface area (Å²) in [6.07, 6.45) is 3.21. The van der Waals surface area contributed by atoms with Gasteiger partial charge in [0.25, 0.3) is 5.91 Å². The highest BCUT2D eigenvalue weighted by molar-refractivity contribution is 5.95. The third-order valence-electron chi connectivity index (χ3n) is 4.49. The van der Waals surface area contributed by atoms with Crippen molar-refractivity contribution in [3.05, 3.63) is 71.6 Å².